The monoisotopic (exact) mass is 342 g/mol. The zero-order valence-electron chi connectivity index (χ0n) is 12.0. The van der Waals surface area contributed by atoms with E-state index < -0.39 is 24.0 Å². The molecule has 0 aliphatic carbocycles. The average molecular weight is 342 g/mol. The number of carbonyl (C=O) groups is 2. The number of hydrogen-bond donors (Lipinski definition) is 2. The van der Waals surface area contributed by atoms with Crippen molar-refractivity contribution in [2.45, 2.75) is 19.1 Å². The van der Waals surface area contributed by atoms with Gasteiger partial charge in [0.2, 0.25) is 0 Å². The summed E-state index contributed by atoms with van der Waals surface area (Å²) in [6.07, 6.45) is -4.49. The number of nitrogens with two attached hydrogens (primary N) is 1. The van der Waals surface area contributed by atoms with Crippen molar-refractivity contribution in [3.05, 3.63) is 46.2 Å². The van der Waals surface area contributed by atoms with Crippen LogP contribution in [0.25, 0.3) is 11.1 Å². The Morgan fingerprint density at radius 2 is 1.78 bits per heavy atom. The van der Waals surface area contributed by atoms with Gasteiger partial charge in [-0.1, -0.05) is 12.1 Å². The SMILES string of the molecule is CC(NC(=O)c1ccc(-c2csc(C(N)=O)c2)cc1)C(F)(F)F. The molecule has 0 fully saturated rings. The van der Waals surface area contributed by atoms with E-state index >= 15 is 0 Å². The Kier molecular flexibility index (Phi) is 4.74. The van der Waals surface area contributed by atoms with E-state index in [0.29, 0.717) is 4.88 Å². The van der Waals surface area contributed by atoms with Crippen molar-refractivity contribution in [2.24, 2.45) is 5.73 Å². The molecule has 0 saturated carbocycles. The minimum atomic E-state index is -4.49. The van der Waals surface area contributed by atoms with Crippen LogP contribution in [0.15, 0.2) is 35.7 Å². The van der Waals surface area contributed by atoms with E-state index in [1.165, 1.54) is 23.5 Å². The number of halogens is 3. The molecule has 122 valence electrons. The maximum Gasteiger partial charge on any atom is 0.408 e. The van der Waals surface area contributed by atoms with Gasteiger partial charge in [-0.05, 0) is 41.6 Å². The highest BCUT2D eigenvalue weighted by Crippen LogP contribution is 2.26. The number of amides is 2. The number of rotatable bonds is 4. The van der Waals surface area contributed by atoms with E-state index in [1.807, 2.05) is 5.32 Å². The molecule has 1 aromatic carbocycles. The number of hydrogen-bond acceptors (Lipinski definition) is 3. The van der Waals surface area contributed by atoms with Gasteiger partial charge in [-0.2, -0.15) is 13.2 Å². The fourth-order valence-corrected chi connectivity index (χ4v) is 2.56. The first-order valence-electron chi connectivity index (χ1n) is 6.55. The molecule has 23 heavy (non-hydrogen) atoms. The third-order valence-electron chi connectivity index (χ3n) is 3.16. The quantitative estimate of drug-likeness (QED) is 0.896. The summed E-state index contributed by atoms with van der Waals surface area (Å²) in [7, 11) is 0. The minimum absolute atomic E-state index is 0.121. The van der Waals surface area contributed by atoms with Gasteiger partial charge in [0.25, 0.3) is 11.8 Å². The first kappa shape index (κ1) is 17.0. The molecular formula is C15H13F3N2O2S. The fraction of sp³-hybridized carbons (Fsp3) is 0.200. The van der Waals surface area contributed by atoms with E-state index in [-0.39, 0.29) is 5.56 Å². The summed E-state index contributed by atoms with van der Waals surface area (Å²) in [4.78, 5) is 23.2. The lowest BCUT2D eigenvalue weighted by atomic mass is 10.1. The number of primary amides is 1. The normalized spacial score (nSPS) is 12.7. The number of carbonyl (C=O) groups excluding carboxylic acids is 2. The standard InChI is InChI=1S/C15H13F3N2O2S/c1-8(15(16,17)18)20-14(22)10-4-2-9(3-5-10)11-6-12(13(19)21)23-7-11/h2-8H,1H3,(H2,19,21)(H,20,22). The summed E-state index contributed by atoms with van der Waals surface area (Å²) < 4.78 is 37.3. The summed E-state index contributed by atoms with van der Waals surface area (Å²) in [6.45, 7) is 0.878. The van der Waals surface area contributed by atoms with Crippen LogP contribution in [0.3, 0.4) is 0 Å². The van der Waals surface area contributed by atoms with E-state index in [2.05, 4.69) is 0 Å². The van der Waals surface area contributed by atoms with Gasteiger partial charge in [0.15, 0.2) is 0 Å². The van der Waals surface area contributed by atoms with Crippen molar-refractivity contribution in [1.82, 2.24) is 5.32 Å². The lowest BCUT2D eigenvalue weighted by Crippen LogP contribution is -2.43. The van der Waals surface area contributed by atoms with Gasteiger partial charge in [-0.15, -0.1) is 11.3 Å². The highest BCUT2D eigenvalue weighted by molar-refractivity contribution is 7.12. The number of alkyl halides is 3. The average Bonchev–Trinajstić information content (AvgIpc) is 2.96. The van der Waals surface area contributed by atoms with E-state index in [1.54, 1.807) is 23.6 Å². The van der Waals surface area contributed by atoms with Crippen LogP contribution in [0.4, 0.5) is 13.2 Å². The molecule has 2 amide bonds. The van der Waals surface area contributed by atoms with Crippen LogP contribution in [0.5, 0.6) is 0 Å². The van der Waals surface area contributed by atoms with Gasteiger partial charge in [0, 0.05) is 5.56 Å². The maximum atomic E-state index is 12.4. The van der Waals surface area contributed by atoms with Crippen LogP contribution in [0.2, 0.25) is 0 Å². The smallest absolute Gasteiger partial charge is 0.365 e. The molecule has 0 aliphatic heterocycles. The Hall–Kier alpha value is -2.35. The van der Waals surface area contributed by atoms with Crippen LogP contribution in [-0.4, -0.2) is 24.0 Å². The van der Waals surface area contributed by atoms with Crippen LogP contribution in [0.1, 0.15) is 27.0 Å². The highest BCUT2D eigenvalue weighted by Gasteiger charge is 2.37. The molecule has 1 aromatic heterocycles. The predicted molar refractivity (Wildman–Crippen MR) is 81.3 cm³/mol. The Morgan fingerprint density at radius 3 is 2.26 bits per heavy atom. The number of benzene rings is 1. The third kappa shape index (κ3) is 4.10. The number of thiophene rings is 1. The largest absolute Gasteiger partial charge is 0.408 e. The second kappa shape index (κ2) is 6.41. The summed E-state index contributed by atoms with van der Waals surface area (Å²) in [5, 5.41) is 3.63. The molecule has 2 aromatic rings. The summed E-state index contributed by atoms with van der Waals surface area (Å²) >= 11 is 1.20. The van der Waals surface area contributed by atoms with Crippen molar-refractivity contribution < 1.29 is 22.8 Å². The summed E-state index contributed by atoms with van der Waals surface area (Å²) in [5.74, 6) is -1.33. The Balaban J connectivity index is 2.12. The molecule has 8 heteroatoms. The van der Waals surface area contributed by atoms with Crippen LogP contribution in [0, 0.1) is 0 Å². The van der Waals surface area contributed by atoms with Gasteiger partial charge in [-0.25, -0.2) is 0 Å². The van der Waals surface area contributed by atoms with E-state index in [9.17, 15) is 22.8 Å². The summed E-state index contributed by atoms with van der Waals surface area (Å²) in [5.41, 5.74) is 6.78. The molecule has 0 spiro atoms. The predicted octanol–water partition coefficient (Wildman–Crippen LogP) is 3.19. The fourth-order valence-electron chi connectivity index (χ4n) is 1.79. The maximum absolute atomic E-state index is 12.4. The van der Waals surface area contributed by atoms with Crippen LogP contribution < -0.4 is 11.1 Å². The summed E-state index contributed by atoms with van der Waals surface area (Å²) in [6, 6.07) is 5.74. The second-order valence-corrected chi connectivity index (χ2v) is 5.79. The van der Waals surface area contributed by atoms with Crippen molar-refractivity contribution in [2.75, 3.05) is 0 Å². The molecule has 1 atom stereocenters. The van der Waals surface area contributed by atoms with Crippen molar-refractivity contribution in [1.29, 1.82) is 0 Å². The van der Waals surface area contributed by atoms with Crippen molar-refractivity contribution >= 4 is 23.2 Å². The molecular weight excluding hydrogens is 329 g/mol. The minimum Gasteiger partial charge on any atom is -0.365 e. The van der Waals surface area contributed by atoms with Crippen molar-refractivity contribution in [3.63, 3.8) is 0 Å². The lowest BCUT2D eigenvalue weighted by molar-refractivity contribution is -0.149. The molecule has 1 heterocycles. The molecule has 3 N–H and O–H groups in total. The third-order valence-corrected chi connectivity index (χ3v) is 4.11. The molecule has 0 bridgehead atoms. The second-order valence-electron chi connectivity index (χ2n) is 4.88. The molecule has 0 saturated heterocycles. The van der Waals surface area contributed by atoms with Crippen LogP contribution >= 0.6 is 11.3 Å². The van der Waals surface area contributed by atoms with Crippen LogP contribution in [-0.2, 0) is 0 Å². The Labute approximate surface area is 134 Å². The highest BCUT2D eigenvalue weighted by atomic mass is 32.1. The molecule has 0 aliphatic rings. The van der Waals surface area contributed by atoms with Gasteiger partial charge in [0.05, 0.1) is 4.88 Å². The van der Waals surface area contributed by atoms with Gasteiger partial charge < -0.3 is 11.1 Å². The van der Waals surface area contributed by atoms with E-state index in [0.717, 1.165) is 18.1 Å². The van der Waals surface area contributed by atoms with E-state index in [4.69, 9.17) is 5.73 Å². The first-order valence-corrected chi connectivity index (χ1v) is 7.43. The Morgan fingerprint density at radius 1 is 1.17 bits per heavy atom. The molecule has 4 nitrogen and oxygen atoms in total. The first-order chi connectivity index (χ1) is 10.7. The number of nitrogens with one attached hydrogen (secondary N) is 1. The lowest BCUT2D eigenvalue weighted by Gasteiger charge is -2.17. The molecule has 2 rings (SSSR count). The van der Waals surface area contributed by atoms with Gasteiger partial charge in [0.1, 0.15) is 6.04 Å². The van der Waals surface area contributed by atoms with Gasteiger partial charge in [-0.3, -0.25) is 9.59 Å². The topological polar surface area (TPSA) is 72.2 Å². The van der Waals surface area contributed by atoms with Crippen molar-refractivity contribution in [3.8, 4) is 11.1 Å². The molecule has 0 radical (unpaired) electrons. The van der Waals surface area contributed by atoms with Gasteiger partial charge >= 0.3 is 6.18 Å². The zero-order chi connectivity index (χ0) is 17.2. The molecule has 1 unspecified atom stereocenters. The Bertz CT molecular complexity index is 723. The zero-order valence-corrected chi connectivity index (χ0v) is 12.8.